The highest BCUT2D eigenvalue weighted by atomic mass is 32.2. The zero-order valence-corrected chi connectivity index (χ0v) is 17.2. The number of amides is 1. The van der Waals surface area contributed by atoms with Crippen LogP contribution in [0.1, 0.15) is 17.8 Å². The van der Waals surface area contributed by atoms with Gasteiger partial charge < -0.3 is 5.32 Å². The molecule has 1 aliphatic rings. The van der Waals surface area contributed by atoms with Gasteiger partial charge in [-0.25, -0.2) is 13.1 Å². The lowest BCUT2D eigenvalue weighted by Crippen LogP contribution is -2.42. The lowest BCUT2D eigenvalue weighted by Gasteiger charge is -2.18. The van der Waals surface area contributed by atoms with Crippen LogP contribution in [0.2, 0.25) is 0 Å². The largest absolute Gasteiger partial charge is 0.351 e. The maximum absolute atomic E-state index is 12.1. The first-order valence-electron chi connectivity index (χ1n) is 8.89. The Morgan fingerprint density at radius 3 is 2.82 bits per heavy atom. The molecule has 0 spiro atoms. The van der Waals surface area contributed by atoms with Gasteiger partial charge in [0.2, 0.25) is 10.7 Å². The number of aromatic amines is 1. The summed E-state index contributed by atoms with van der Waals surface area (Å²) < 4.78 is 25.0. The van der Waals surface area contributed by atoms with Crippen molar-refractivity contribution in [2.24, 2.45) is 0 Å². The van der Waals surface area contributed by atoms with Crippen LogP contribution in [0.15, 0.2) is 30.3 Å². The van der Waals surface area contributed by atoms with Crippen molar-refractivity contribution < 1.29 is 13.2 Å². The zero-order chi connectivity index (χ0) is 20.1. The van der Waals surface area contributed by atoms with Crippen molar-refractivity contribution in [3.8, 4) is 0 Å². The van der Waals surface area contributed by atoms with E-state index in [0.717, 1.165) is 5.56 Å². The average Bonchev–Trinajstić information content (AvgIpc) is 3.15. The van der Waals surface area contributed by atoms with Gasteiger partial charge in [0.1, 0.15) is 5.82 Å². The minimum Gasteiger partial charge on any atom is -0.351 e. The topological polar surface area (TPSA) is 100 Å². The van der Waals surface area contributed by atoms with Crippen molar-refractivity contribution in [3.63, 3.8) is 0 Å². The minimum atomic E-state index is -3.01. The Bertz CT molecular complexity index is 1010. The van der Waals surface area contributed by atoms with Crippen LogP contribution in [0.4, 0.5) is 0 Å². The van der Waals surface area contributed by atoms with E-state index in [-0.39, 0.29) is 30.0 Å². The second-order valence-electron chi connectivity index (χ2n) is 6.89. The van der Waals surface area contributed by atoms with E-state index < -0.39 is 9.84 Å². The van der Waals surface area contributed by atoms with Crippen molar-refractivity contribution in [1.29, 1.82) is 0 Å². The van der Waals surface area contributed by atoms with Crippen molar-refractivity contribution in [3.05, 3.63) is 46.5 Å². The number of hydrogen-bond acceptors (Lipinski definition) is 6. The second-order valence-corrected chi connectivity index (χ2v) is 9.48. The summed E-state index contributed by atoms with van der Waals surface area (Å²) >= 11 is 5.27. The van der Waals surface area contributed by atoms with Crippen molar-refractivity contribution in [1.82, 2.24) is 25.0 Å². The summed E-state index contributed by atoms with van der Waals surface area (Å²) in [5, 5.41) is 5.88. The molecule has 28 heavy (non-hydrogen) atoms. The molecule has 1 fully saturated rings. The average molecular weight is 422 g/mol. The van der Waals surface area contributed by atoms with Gasteiger partial charge in [-0.05, 0) is 37.3 Å². The third kappa shape index (κ3) is 5.85. The highest BCUT2D eigenvalue weighted by Gasteiger charge is 2.28. The fourth-order valence-corrected chi connectivity index (χ4v) is 4.88. The van der Waals surface area contributed by atoms with Gasteiger partial charge in [-0.2, -0.15) is 4.98 Å². The number of nitrogens with one attached hydrogen (secondary N) is 2. The van der Waals surface area contributed by atoms with Crippen LogP contribution in [0.25, 0.3) is 12.2 Å². The summed E-state index contributed by atoms with van der Waals surface area (Å²) in [5.41, 5.74) is 1.05. The van der Waals surface area contributed by atoms with Crippen molar-refractivity contribution in [2.75, 3.05) is 25.1 Å². The quantitative estimate of drug-likeness (QED) is 0.654. The van der Waals surface area contributed by atoms with E-state index in [9.17, 15) is 13.2 Å². The third-order valence-corrected chi connectivity index (χ3v) is 6.40. The van der Waals surface area contributed by atoms with E-state index in [0.29, 0.717) is 23.7 Å². The molecule has 8 nitrogen and oxygen atoms in total. The molecule has 3 rings (SSSR count). The molecule has 2 N–H and O–H groups in total. The Morgan fingerprint density at radius 2 is 2.14 bits per heavy atom. The van der Waals surface area contributed by atoms with Crippen molar-refractivity contribution >= 4 is 40.1 Å². The van der Waals surface area contributed by atoms with E-state index in [1.54, 1.807) is 16.6 Å². The van der Waals surface area contributed by atoms with E-state index in [1.807, 2.05) is 42.5 Å². The maximum atomic E-state index is 12.1. The van der Waals surface area contributed by atoms with Crippen LogP contribution < -0.4 is 5.32 Å². The minimum absolute atomic E-state index is 0.0190. The summed E-state index contributed by atoms with van der Waals surface area (Å²) in [6, 6.07) is 9.56. The molecule has 0 saturated carbocycles. The summed E-state index contributed by atoms with van der Waals surface area (Å²) in [6.45, 7) is 0.494. The van der Waals surface area contributed by atoms with Gasteiger partial charge in [0.15, 0.2) is 9.84 Å². The lowest BCUT2D eigenvalue weighted by molar-refractivity contribution is -0.122. The van der Waals surface area contributed by atoms with E-state index in [2.05, 4.69) is 15.4 Å². The first-order chi connectivity index (χ1) is 13.3. The monoisotopic (exact) mass is 421 g/mol. The van der Waals surface area contributed by atoms with Gasteiger partial charge in [0.05, 0.1) is 24.7 Å². The Hall–Kier alpha value is -2.30. The van der Waals surface area contributed by atoms with Gasteiger partial charge in [-0.15, -0.1) is 0 Å². The van der Waals surface area contributed by atoms with Crippen LogP contribution in [0.5, 0.6) is 0 Å². The molecule has 1 amide bonds. The molecule has 1 aromatic carbocycles. The number of likely N-dealkylation sites (N-methyl/N-ethyl adjacent to an activating group) is 1. The molecule has 1 aliphatic heterocycles. The van der Waals surface area contributed by atoms with Gasteiger partial charge in [-0.1, -0.05) is 36.4 Å². The summed E-state index contributed by atoms with van der Waals surface area (Å²) in [5.74, 6) is 0.573. The van der Waals surface area contributed by atoms with Gasteiger partial charge in [0.25, 0.3) is 0 Å². The maximum Gasteiger partial charge on any atom is 0.234 e. The standard InChI is InChI=1S/C18H23N5O3S2/c1-22(11-17(24)19-15-9-10-28(25,26)12-15)13-23-18(27)20-16(21-23)8-7-14-5-3-2-4-6-14/h2-8,15H,9-13H2,1H3,(H,19,24)(H,20,21,27)/b8-7+. The molecule has 0 bridgehead atoms. The highest BCUT2D eigenvalue weighted by Crippen LogP contribution is 2.11. The van der Waals surface area contributed by atoms with Gasteiger partial charge in [0, 0.05) is 6.04 Å². The number of hydrogen-bond donors (Lipinski definition) is 2. The summed E-state index contributed by atoms with van der Waals surface area (Å²) in [6.07, 6.45) is 4.25. The predicted octanol–water partition coefficient (Wildman–Crippen LogP) is 1.30. The number of carbonyl (C=O) groups is 1. The van der Waals surface area contributed by atoms with Crippen LogP contribution in [0, 0.1) is 4.77 Å². The van der Waals surface area contributed by atoms with Gasteiger partial charge >= 0.3 is 0 Å². The number of benzene rings is 1. The molecule has 2 aromatic rings. The van der Waals surface area contributed by atoms with E-state index >= 15 is 0 Å². The van der Waals surface area contributed by atoms with Crippen LogP contribution in [-0.4, -0.2) is 65.1 Å². The van der Waals surface area contributed by atoms with E-state index in [4.69, 9.17) is 12.2 Å². The summed E-state index contributed by atoms with van der Waals surface area (Å²) in [7, 11) is -1.23. The number of rotatable bonds is 7. The Balaban J connectivity index is 1.53. The molecule has 1 saturated heterocycles. The normalized spacial score (nSPS) is 18.7. The molecule has 0 radical (unpaired) electrons. The van der Waals surface area contributed by atoms with Crippen LogP contribution in [0.3, 0.4) is 0 Å². The Kier molecular flexibility index (Phi) is 6.42. The highest BCUT2D eigenvalue weighted by molar-refractivity contribution is 7.91. The molecular formula is C18H23N5O3S2. The number of nitrogens with zero attached hydrogens (tertiary/aromatic N) is 3. The van der Waals surface area contributed by atoms with Crippen LogP contribution >= 0.6 is 12.2 Å². The zero-order valence-electron chi connectivity index (χ0n) is 15.5. The molecule has 1 atom stereocenters. The second kappa shape index (κ2) is 8.80. The fourth-order valence-electron chi connectivity index (χ4n) is 3.00. The van der Waals surface area contributed by atoms with Crippen LogP contribution in [-0.2, 0) is 21.3 Å². The molecule has 2 heterocycles. The molecule has 0 aliphatic carbocycles. The Labute approximate surface area is 169 Å². The number of H-pyrrole nitrogens is 1. The summed E-state index contributed by atoms with van der Waals surface area (Å²) in [4.78, 5) is 18.2. The molecule has 150 valence electrons. The molecule has 10 heteroatoms. The SMILES string of the molecule is CN(CC(=O)NC1CCS(=O)(=O)C1)Cn1[nH]c(/C=C/c2ccccc2)nc1=S. The van der Waals surface area contributed by atoms with Crippen molar-refractivity contribution in [2.45, 2.75) is 19.1 Å². The van der Waals surface area contributed by atoms with Gasteiger partial charge in [-0.3, -0.25) is 14.8 Å². The number of carbonyl (C=O) groups excluding carboxylic acids is 1. The number of sulfone groups is 1. The third-order valence-electron chi connectivity index (χ3n) is 4.32. The molecule has 1 aromatic heterocycles. The first kappa shape index (κ1) is 20.4. The first-order valence-corrected chi connectivity index (χ1v) is 11.1. The number of aromatic nitrogens is 3. The van der Waals surface area contributed by atoms with E-state index in [1.165, 1.54) is 0 Å². The molecule has 1 unspecified atom stereocenters. The molecular weight excluding hydrogens is 398 g/mol. The fraction of sp³-hybridized carbons (Fsp3) is 0.389. The lowest BCUT2D eigenvalue weighted by atomic mass is 10.2. The Morgan fingerprint density at radius 1 is 1.39 bits per heavy atom. The smallest absolute Gasteiger partial charge is 0.234 e. The predicted molar refractivity (Wildman–Crippen MR) is 111 cm³/mol.